The molecule has 4 nitrogen and oxygen atoms in total. The molecule has 0 radical (unpaired) electrons. The van der Waals surface area contributed by atoms with Crippen LogP contribution in [0.15, 0.2) is 36.4 Å². The molecule has 0 aliphatic rings. The molecule has 0 heterocycles. The highest BCUT2D eigenvalue weighted by Crippen LogP contribution is 2.29. The van der Waals surface area contributed by atoms with Gasteiger partial charge in [0.1, 0.15) is 5.60 Å². The predicted octanol–water partition coefficient (Wildman–Crippen LogP) is 4.35. The minimum atomic E-state index is -0.758. The Morgan fingerprint density at radius 2 is 1.91 bits per heavy atom. The first-order valence-electron chi connectivity index (χ1n) is 7.03. The smallest absolute Gasteiger partial charge is 0.339 e. The standard InChI is InChI=1S/C17H23ClN2O2/c1-5-17(4,8-6-7-11(2)3)22-16(21)12-9-13(19)15(18)14(20)10-12/h5,7,9-10H,1,6,8,19-20H2,2-4H3. The van der Waals surface area contributed by atoms with Gasteiger partial charge in [-0.25, -0.2) is 4.79 Å². The Balaban J connectivity index is 2.89. The van der Waals surface area contributed by atoms with Crippen LogP contribution in [0, 0.1) is 0 Å². The second kappa shape index (κ2) is 7.36. The molecule has 0 aliphatic heterocycles. The van der Waals surface area contributed by atoms with Gasteiger partial charge < -0.3 is 16.2 Å². The van der Waals surface area contributed by atoms with Crippen LogP contribution >= 0.6 is 11.6 Å². The van der Waals surface area contributed by atoms with Gasteiger partial charge >= 0.3 is 5.97 Å². The molecule has 0 amide bonds. The van der Waals surface area contributed by atoms with E-state index in [9.17, 15) is 4.79 Å². The second-order valence-corrected chi connectivity index (χ2v) is 6.07. The van der Waals surface area contributed by atoms with Crippen LogP contribution in [0.1, 0.15) is 44.0 Å². The van der Waals surface area contributed by atoms with Crippen LogP contribution in [0.3, 0.4) is 0 Å². The van der Waals surface area contributed by atoms with Gasteiger partial charge in [0.25, 0.3) is 0 Å². The number of benzene rings is 1. The Morgan fingerprint density at radius 1 is 1.36 bits per heavy atom. The average Bonchev–Trinajstić information content (AvgIpc) is 2.43. The fourth-order valence-corrected chi connectivity index (χ4v) is 2.01. The van der Waals surface area contributed by atoms with E-state index in [4.69, 9.17) is 27.8 Å². The van der Waals surface area contributed by atoms with Crippen molar-refractivity contribution in [1.82, 2.24) is 0 Å². The lowest BCUT2D eigenvalue weighted by molar-refractivity contribution is 0.00836. The molecular weight excluding hydrogens is 300 g/mol. The molecule has 0 fully saturated rings. The van der Waals surface area contributed by atoms with Gasteiger partial charge in [-0.15, -0.1) is 0 Å². The fourth-order valence-electron chi connectivity index (χ4n) is 1.90. The van der Waals surface area contributed by atoms with Gasteiger partial charge in [-0.2, -0.15) is 0 Å². The zero-order valence-electron chi connectivity index (χ0n) is 13.3. The van der Waals surface area contributed by atoms with Crippen LogP contribution in [0.25, 0.3) is 0 Å². The van der Waals surface area contributed by atoms with Gasteiger partial charge in [-0.05, 0) is 51.8 Å². The molecule has 0 aliphatic carbocycles. The van der Waals surface area contributed by atoms with Gasteiger partial charge in [0.2, 0.25) is 0 Å². The third-order valence-electron chi connectivity index (χ3n) is 3.32. The first-order chi connectivity index (χ1) is 10.2. The Labute approximate surface area is 136 Å². The molecule has 1 rings (SSSR count). The van der Waals surface area contributed by atoms with Crippen LogP contribution in [0.4, 0.5) is 11.4 Å². The predicted molar refractivity (Wildman–Crippen MR) is 93.0 cm³/mol. The minimum absolute atomic E-state index is 0.242. The Bertz CT molecular complexity index is 584. The van der Waals surface area contributed by atoms with Crippen molar-refractivity contribution in [2.45, 2.75) is 39.2 Å². The molecule has 1 aromatic carbocycles. The first kappa shape index (κ1) is 18.1. The molecule has 1 aromatic rings. The summed E-state index contributed by atoms with van der Waals surface area (Å²) >= 11 is 5.89. The lowest BCUT2D eigenvalue weighted by Gasteiger charge is -2.26. The molecule has 1 unspecified atom stereocenters. The van der Waals surface area contributed by atoms with E-state index in [0.29, 0.717) is 6.42 Å². The van der Waals surface area contributed by atoms with Crippen molar-refractivity contribution in [2.75, 3.05) is 11.5 Å². The maximum absolute atomic E-state index is 12.3. The summed E-state index contributed by atoms with van der Waals surface area (Å²) in [5.41, 5.74) is 12.7. The molecule has 0 saturated heterocycles. The maximum atomic E-state index is 12.3. The molecule has 1 atom stereocenters. The number of ether oxygens (including phenoxy) is 1. The van der Waals surface area contributed by atoms with Gasteiger partial charge in [0.05, 0.1) is 22.0 Å². The summed E-state index contributed by atoms with van der Waals surface area (Å²) in [5.74, 6) is -0.505. The van der Waals surface area contributed by atoms with Gasteiger partial charge in [-0.1, -0.05) is 29.8 Å². The number of nitrogen functional groups attached to an aromatic ring is 2. The average molecular weight is 323 g/mol. The Morgan fingerprint density at radius 3 is 2.36 bits per heavy atom. The molecule has 22 heavy (non-hydrogen) atoms. The largest absolute Gasteiger partial charge is 0.452 e. The minimum Gasteiger partial charge on any atom is -0.452 e. The zero-order valence-corrected chi connectivity index (χ0v) is 14.0. The van der Waals surface area contributed by atoms with Crippen LogP contribution < -0.4 is 11.5 Å². The number of esters is 1. The fraction of sp³-hybridized carbons (Fsp3) is 0.353. The summed E-state index contributed by atoms with van der Waals surface area (Å²) < 4.78 is 5.56. The van der Waals surface area contributed by atoms with Crippen LogP contribution in [-0.4, -0.2) is 11.6 Å². The summed E-state index contributed by atoms with van der Waals surface area (Å²) in [4.78, 5) is 12.3. The number of allylic oxidation sites excluding steroid dienone is 2. The number of nitrogens with two attached hydrogens (primary N) is 2. The van der Waals surface area contributed by atoms with Crippen LogP contribution in [-0.2, 0) is 4.74 Å². The summed E-state index contributed by atoms with van der Waals surface area (Å²) in [6, 6.07) is 2.92. The highest BCUT2D eigenvalue weighted by Gasteiger charge is 2.25. The summed E-state index contributed by atoms with van der Waals surface area (Å²) in [6.07, 6.45) is 5.16. The SMILES string of the molecule is C=CC(C)(CCC=C(C)C)OC(=O)c1cc(N)c(Cl)c(N)c1. The van der Waals surface area contributed by atoms with Crippen molar-refractivity contribution < 1.29 is 9.53 Å². The quantitative estimate of drug-likeness (QED) is 0.463. The first-order valence-corrected chi connectivity index (χ1v) is 7.41. The van der Waals surface area contributed by atoms with Crippen molar-refractivity contribution in [1.29, 1.82) is 0 Å². The molecule has 0 bridgehead atoms. The number of rotatable bonds is 6. The molecule has 120 valence electrons. The molecule has 0 spiro atoms. The molecule has 0 aromatic heterocycles. The second-order valence-electron chi connectivity index (χ2n) is 5.70. The Kier molecular flexibility index (Phi) is 6.06. The molecule has 0 saturated carbocycles. The van der Waals surface area contributed by atoms with Crippen LogP contribution in [0.2, 0.25) is 5.02 Å². The van der Waals surface area contributed by atoms with E-state index in [1.165, 1.54) is 17.7 Å². The number of carbonyl (C=O) groups is 1. The van der Waals surface area contributed by atoms with Crippen molar-refractivity contribution in [3.8, 4) is 0 Å². The van der Waals surface area contributed by atoms with Crippen molar-refractivity contribution in [2.24, 2.45) is 0 Å². The zero-order chi connectivity index (χ0) is 16.9. The highest BCUT2D eigenvalue weighted by atomic mass is 35.5. The number of hydrogen-bond donors (Lipinski definition) is 2. The molecule has 5 heteroatoms. The van der Waals surface area contributed by atoms with E-state index in [1.54, 1.807) is 6.08 Å². The van der Waals surface area contributed by atoms with Gasteiger partial charge in [-0.3, -0.25) is 0 Å². The lowest BCUT2D eigenvalue weighted by atomic mass is 9.99. The lowest BCUT2D eigenvalue weighted by Crippen LogP contribution is -2.29. The molecule has 4 N–H and O–H groups in total. The van der Waals surface area contributed by atoms with E-state index in [2.05, 4.69) is 12.7 Å². The van der Waals surface area contributed by atoms with E-state index in [1.807, 2.05) is 20.8 Å². The topological polar surface area (TPSA) is 78.3 Å². The summed E-state index contributed by atoms with van der Waals surface area (Å²) in [7, 11) is 0. The third kappa shape index (κ3) is 4.81. The number of hydrogen-bond acceptors (Lipinski definition) is 4. The van der Waals surface area contributed by atoms with E-state index < -0.39 is 11.6 Å². The highest BCUT2D eigenvalue weighted by molar-refractivity contribution is 6.35. The summed E-state index contributed by atoms with van der Waals surface area (Å²) in [6.45, 7) is 9.63. The Hall–Kier alpha value is -1.94. The van der Waals surface area contributed by atoms with E-state index in [-0.39, 0.29) is 22.0 Å². The van der Waals surface area contributed by atoms with Gasteiger partial charge in [0, 0.05) is 0 Å². The monoisotopic (exact) mass is 322 g/mol. The van der Waals surface area contributed by atoms with Crippen molar-refractivity contribution in [3.05, 3.63) is 47.0 Å². The van der Waals surface area contributed by atoms with E-state index in [0.717, 1.165) is 6.42 Å². The van der Waals surface area contributed by atoms with Crippen molar-refractivity contribution in [3.63, 3.8) is 0 Å². The third-order valence-corrected chi connectivity index (χ3v) is 3.75. The number of halogens is 1. The van der Waals surface area contributed by atoms with Crippen LogP contribution in [0.5, 0.6) is 0 Å². The van der Waals surface area contributed by atoms with Gasteiger partial charge in [0.15, 0.2) is 0 Å². The maximum Gasteiger partial charge on any atom is 0.339 e. The number of carbonyl (C=O) groups excluding carboxylic acids is 1. The van der Waals surface area contributed by atoms with E-state index >= 15 is 0 Å². The van der Waals surface area contributed by atoms with Crippen molar-refractivity contribution >= 4 is 28.9 Å². The molecular formula is C17H23ClN2O2. The normalized spacial score (nSPS) is 13.1. The summed E-state index contributed by atoms with van der Waals surface area (Å²) in [5, 5.41) is 0.242. The number of anilines is 2.